The summed E-state index contributed by atoms with van der Waals surface area (Å²) in [4.78, 5) is 8.31. The Morgan fingerprint density at radius 3 is 2.90 bits per heavy atom. The lowest BCUT2D eigenvalue weighted by atomic mass is 10.3. The van der Waals surface area contributed by atoms with E-state index in [0.717, 1.165) is 18.5 Å². The van der Waals surface area contributed by atoms with Gasteiger partial charge in [-0.25, -0.2) is 13.4 Å². The minimum absolute atomic E-state index is 0.116. The molecule has 20 heavy (non-hydrogen) atoms. The van der Waals surface area contributed by atoms with E-state index < -0.39 is 10.0 Å². The first-order valence-corrected chi connectivity index (χ1v) is 8.56. The van der Waals surface area contributed by atoms with E-state index in [1.807, 2.05) is 5.38 Å². The van der Waals surface area contributed by atoms with E-state index in [0.29, 0.717) is 16.7 Å². The largest absolute Gasteiger partial charge is 0.387 e. The van der Waals surface area contributed by atoms with Crippen molar-refractivity contribution in [3.05, 3.63) is 29.5 Å². The van der Waals surface area contributed by atoms with Gasteiger partial charge >= 0.3 is 0 Å². The first-order chi connectivity index (χ1) is 9.60. The van der Waals surface area contributed by atoms with Gasteiger partial charge in [-0.2, -0.15) is 0 Å². The van der Waals surface area contributed by atoms with Crippen LogP contribution in [0.3, 0.4) is 0 Å². The molecule has 3 rings (SSSR count). The second-order valence-corrected chi connectivity index (χ2v) is 7.09. The van der Waals surface area contributed by atoms with Crippen LogP contribution < -0.4 is 10.0 Å². The molecule has 0 unspecified atom stereocenters. The number of rotatable bonds is 5. The first kappa shape index (κ1) is 13.3. The lowest BCUT2D eigenvalue weighted by Crippen LogP contribution is -2.15. The van der Waals surface area contributed by atoms with Crippen LogP contribution in [0.25, 0.3) is 0 Å². The zero-order valence-electron chi connectivity index (χ0n) is 10.8. The Morgan fingerprint density at radius 2 is 2.20 bits per heavy atom. The minimum atomic E-state index is -3.68. The quantitative estimate of drug-likeness (QED) is 0.885. The third-order valence-corrected chi connectivity index (χ3v) is 5.35. The summed E-state index contributed by atoms with van der Waals surface area (Å²) in [6.45, 7) is 0. The number of aromatic nitrogens is 2. The van der Waals surface area contributed by atoms with Crippen molar-refractivity contribution in [2.75, 3.05) is 17.1 Å². The van der Waals surface area contributed by atoms with Crippen LogP contribution in [0.2, 0.25) is 0 Å². The third kappa shape index (κ3) is 2.61. The molecule has 106 valence electrons. The Balaban J connectivity index is 1.87. The summed E-state index contributed by atoms with van der Waals surface area (Å²) in [6.07, 6.45) is 5.15. The van der Waals surface area contributed by atoms with Crippen LogP contribution in [0.4, 0.5) is 10.8 Å². The first-order valence-electron chi connectivity index (χ1n) is 6.20. The highest BCUT2D eigenvalue weighted by Gasteiger charge is 2.27. The summed E-state index contributed by atoms with van der Waals surface area (Å²) < 4.78 is 27.2. The summed E-state index contributed by atoms with van der Waals surface area (Å²) in [5, 5.41) is 5.16. The highest BCUT2D eigenvalue weighted by molar-refractivity contribution is 7.93. The molecule has 1 aliphatic carbocycles. The van der Waals surface area contributed by atoms with Crippen molar-refractivity contribution in [2.24, 2.45) is 0 Å². The Bertz CT molecular complexity index is 723. The van der Waals surface area contributed by atoms with Gasteiger partial charge in [0.05, 0.1) is 11.4 Å². The average Bonchev–Trinajstić information content (AvgIpc) is 3.20. The molecule has 1 saturated carbocycles. The zero-order valence-corrected chi connectivity index (χ0v) is 12.5. The van der Waals surface area contributed by atoms with Crippen LogP contribution in [0.1, 0.15) is 24.5 Å². The minimum Gasteiger partial charge on any atom is -0.387 e. The van der Waals surface area contributed by atoms with Gasteiger partial charge in [-0.1, -0.05) is 0 Å². The Kier molecular flexibility index (Phi) is 3.35. The second kappa shape index (κ2) is 5.02. The van der Waals surface area contributed by atoms with E-state index in [2.05, 4.69) is 20.0 Å². The van der Waals surface area contributed by atoms with Crippen LogP contribution in [-0.2, 0) is 10.0 Å². The maximum atomic E-state index is 12.4. The van der Waals surface area contributed by atoms with Gasteiger partial charge in [0.25, 0.3) is 10.0 Å². The molecule has 2 N–H and O–H groups in total. The topological polar surface area (TPSA) is 84.0 Å². The van der Waals surface area contributed by atoms with Crippen molar-refractivity contribution in [1.29, 1.82) is 0 Å². The van der Waals surface area contributed by atoms with Gasteiger partial charge in [-0.05, 0) is 18.9 Å². The van der Waals surface area contributed by atoms with Crippen LogP contribution in [0.5, 0.6) is 0 Å². The molecule has 2 aromatic rings. The lowest BCUT2D eigenvalue weighted by molar-refractivity contribution is 0.601. The van der Waals surface area contributed by atoms with Gasteiger partial charge in [0.2, 0.25) is 0 Å². The summed E-state index contributed by atoms with van der Waals surface area (Å²) >= 11 is 1.31. The lowest BCUT2D eigenvalue weighted by Gasteiger charge is -2.09. The zero-order chi connectivity index (χ0) is 14.2. The number of nitrogens with one attached hydrogen (secondary N) is 2. The van der Waals surface area contributed by atoms with Gasteiger partial charge in [0.15, 0.2) is 5.13 Å². The normalized spacial score (nSPS) is 15.1. The fourth-order valence-corrected chi connectivity index (χ4v) is 4.07. The molecule has 0 saturated heterocycles. The molecule has 2 heterocycles. The summed E-state index contributed by atoms with van der Waals surface area (Å²) in [5.74, 6) is 0.510. The number of nitrogens with zero attached hydrogens (tertiary/aromatic N) is 2. The molecule has 0 atom stereocenters. The third-order valence-electron chi connectivity index (χ3n) is 3.08. The van der Waals surface area contributed by atoms with E-state index in [9.17, 15) is 8.42 Å². The van der Waals surface area contributed by atoms with E-state index in [1.165, 1.54) is 17.5 Å². The summed E-state index contributed by atoms with van der Waals surface area (Å²) in [6, 6.07) is 1.62. The van der Waals surface area contributed by atoms with Crippen molar-refractivity contribution < 1.29 is 8.42 Å². The van der Waals surface area contributed by atoms with Crippen molar-refractivity contribution in [2.45, 2.75) is 23.7 Å². The molecule has 2 aromatic heterocycles. The molecule has 0 amide bonds. The Morgan fingerprint density at radius 1 is 1.40 bits per heavy atom. The van der Waals surface area contributed by atoms with Crippen molar-refractivity contribution in [1.82, 2.24) is 9.97 Å². The number of thiazole rings is 1. The second-order valence-electron chi connectivity index (χ2n) is 4.58. The SMILES string of the molecule is CNc1ccncc1S(=O)(=O)Nc1nc(C2CC2)cs1. The van der Waals surface area contributed by atoms with Gasteiger partial charge in [-0.15, -0.1) is 11.3 Å². The fourth-order valence-electron chi connectivity index (χ4n) is 1.87. The fraction of sp³-hybridized carbons (Fsp3) is 0.333. The Labute approximate surface area is 121 Å². The molecule has 1 aliphatic rings. The smallest absolute Gasteiger partial charge is 0.267 e. The molecular weight excluding hydrogens is 296 g/mol. The summed E-state index contributed by atoms with van der Waals surface area (Å²) in [7, 11) is -2.01. The predicted molar refractivity (Wildman–Crippen MR) is 78.7 cm³/mol. The maximum Gasteiger partial charge on any atom is 0.267 e. The van der Waals surface area contributed by atoms with Crippen LogP contribution in [-0.4, -0.2) is 25.4 Å². The van der Waals surface area contributed by atoms with E-state index >= 15 is 0 Å². The molecule has 0 aromatic carbocycles. The van der Waals surface area contributed by atoms with Gasteiger partial charge in [0.1, 0.15) is 4.90 Å². The van der Waals surface area contributed by atoms with Gasteiger partial charge in [0, 0.05) is 30.7 Å². The molecule has 8 heteroatoms. The molecule has 0 radical (unpaired) electrons. The van der Waals surface area contributed by atoms with Crippen LogP contribution >= 0.6 is 11.3 Å². The number of hydrogen-bond acceptors (Lipinski definition) is 6. The molecule has 1 fully saturated rings. The van der Waals surface area contributed by atoms with Gasteiger partial charge < -0.3 is 5.32 Å². The molecule has 0 bridgehead atoms. The van der Waals surface area contributed by atoms with Crippen molar-refractivity contribution in [3.63, 3.8) is 0 Å². The Hall–Kier alpha value is -1.67. The number of pyridine rings is 1. The molecule has 0 spiro atoms. The number of sulfonamides is 1. The van der Waals surface area contributed by atoms with Gasteiger partial charge in [-0.3, -0.25) is 9.71 Å². The highest BCUT2D eigenvalue weighted by Crippen LogP contribution is 2.41. The standard InChI is InChI=1S/C12H14N4O2S2/c1-13-9-4-5-14-6-11(9)20(17,18)16-12-15-10(7-19-12)8-2-3-8/h4-8H,2-3H2,1H3,(H,13,14)(H,15,16). The summed E-state index contributed by atoms with van der Waals surface area (Å²) in [5.41, 5.74) is 1.49. The van der Waals surface area contributed by atoms with Crippen LogP contribution in [0.15, 0.2) is 28.7 Å². The molecular formula is C12H14N4O2S2. The average molecular weight is 310 g/mol. The molecule has 6 nitrogen and oxygen atoms in total. The predicted octanol–water partition coefficient (Wildman–Crippen LogP) is 2.26. The molecule has 0 aliphatic heterocycles. The van der Waals surface area contributed by atoms with E-state index in [4.69, 9.17) is 0 Å². The van der Waals surface area contributed by atoms with Crippen LogP contribution in [0, 0.1) is 0 Å². The monoisotopic (exact) mass is 310 g/mol. The van der Waals surface area contributed by atoms with Crippen molar-refractivity contribution >= 4 is 32.2 Å². The number of anilines is 2. The maximum absolute atomic E-state index is 12.4. The van der Waals surface area contributed by atoms with E-state index in [1.54, 1.807) is 19.3 Å². The van der Waals surface area contributed by atoms with E-state index in [-0.39, 0.29) is 4.90 Å². The van der Waals surface area contributed by atoms with Crippen molar-refractivity contribution in [3.8, 4) is 0 Å². The highest BCUT2D eigenvalue weighted by atomic mass is 32.2. The number of hydrogen-bond donors (Lipinski definition) is 2.